The number of carbonyl (C=O) groups excluding carboxylic acids is 1. The third-order valence-electron chi connectivity index (χ3n) is 3.68. The van der Waals surface area contributed by atoms with E-state index < -0.39 is 10.0 Å². The van der Waals surface area contributed by atoms with E-state index in [-0.39, 0.29) is 24.2 Å². The van der Waals surface area contributed by atoms with E-state index in [1.165, 1.54) is 24.3 Å². The molecule has 1 aliphatic heterocycles. The van der Waals surface area contributed by atoms with Crippen LogP contribution in [0.1, 0.15) is 12.8 Å². The highest BCUT2D eigenvalue weighted by Gasteiger charge is 2.24. The summed E-state index contributed by atoms with van der Waals surface area (Å²) in [7, 11) is -3.22. The highest BCUT2D eigenvalue weighted by atomic mass is 32.2. The van der Waals surface area contributed by atoms with Crippen LogP contribution >= 0.6 is 0 Å². The van der Waals surface area contributed by atoms with Gasteiger partial charge >= 0.3 is 0 Å². The maximum absolute atomic E-state index is 12.8. The maximum Gasteiger partial charge on any atom is 0.260 e. The molecule has 1 atom stereocenters. The van der Waals surface area contributed by atoms with Gasteiger partial charge in [-0.3, -0.25) is 4.79 Å². The zero-order valence-corrected chi connectivity index (χ0v) is 13.8. The molecule has 1 saturated heterocycles. The van der Waals surface area contributed by atoms with Gasteiger partial charge in [-0.1, -0.05) is 0 Å². The topological polar surface area (TPSA) is 75.7 Å². The van der Waals surface area contributed by atoms with Gasteiger partial charge in [0, 0.05) is 19.6 Å². The van der Waals surface area contributed by atoms with Gasteiger partial charge < -0.3 is 9.64 Å². The van der Waals surface area contributed by atoms with Crippen molar-refractivity contribution in [3.05, 3.63) is 30.1 Å². The number of rotatable bonds is 6. The Labute approximate surface area is 135 Å². The Morgan fingerprint density at radius 1 is 1.39 bits per heavy atom. The molecule has 1 aromatic carbocycles. The second kappa shape index (κ2) is 7.74. The van der Waals surface area contributed by atoms with Crippen molar-refractivity contribution < 1.29 is 22.3 Å². The molecule has 1 amide bonds. The van der Waals surface area contributed by atoms with Crippen LogP contribution in [0.4, 0.5) is 4.39 Å². The molecule has 1 fully saturated rings. The first-order valence-electron chi connectivity index (χ1n) is 7.44. The Morgan fingerprint density at radius 3 is 2.74 bits per heavy atom. The molecule has 0 bridgehead atoms. The lowest BCUT2D eigenvalue weighted by atomic mass is 9.98. The molecular weight excluding hydrogens is 323 g/mol. The second-order valence-electron chi connectivity index (χ2n) is 5.71. The van der Waals surface area contributed by atoms with Crippen molar-refractivity contribution in [2.24, 2.45) is 5.92 Å². The molecule has 23 heavy (non-hydrogen) atoms. The third-order valence-corrected chi connectivity index (χ3v) is 4.37. The molecule has 0 saturated carbocycles. The van der Waals surface area contributed by atoms with Gasteiger partial charge in [0.05, 0.1) is 6.26 Å². The van der Waals surface area contributed by atoms with Gasteiger partial charge in [0.15, 0.2) is 6.61 Å². The van der Waals surface area contributed by atoms with E-state index in [9.17, 15) is 17.6 Å². The number of amides is 1. The predicted molar refractivity (Wildman–Crippen MR) is 84.0 cm³/mol. The fraction of sp³-hybridized carbons (Fsp3) is 0.533. The number of hydrogen-bond donors (Lipinski definition) is 1. The van der Waals surface area contributed by atoms with Crippen molar-refractivity contribution in [3.63, 3.8) is 0 Å². The molecule has 0 aliphatic carbocycles. The van der Waals surface area contributed by atoms with Gasteiger partial charge in [-0.2, -0.15) is 0 Å². The van der Waals surface area contributed by atoms with Crippen LogP contribution in [0.3, 0.4) is 0 Å². The first kappa shape index (κ1) is 17.7. The summed E-state index contributed by atoms with van der Waals surface area (Å²) in [5.74, 6) is 0.0274. The molecule has 6 nitrogen and oxygen atoms in total. The SMILES string of the molecule is CS(=O)(=O)NC[C@H]1CCCN(C(=O)COc2ccc(F)cc2)C1. The number of hydrogen-bond acceptors (Lipinski definition) is 4. The summed E-state index contributed by atoms with van der Waals surface area (Å²) in [6.45, 7) is 1.37. The van der Waals surface area contributed by atoms with Crippen LogP contribution in [0.15, 0.2) is 24.3 Å². The fourth-order valence-corrected chi connectivity index (χ4v) is 3.03. The fourth-order valence-electron chi connectivity index (χ4n) is 2.49. The number of carbonyl (C=O) groups is 1. The Balaban J connectivity index is 1.80. The zero-order chi connectivity index (χ0) is 16.9. The Morgan fingerprint density at radius 2 is 2.09 bits per heavy atom. The Bertz CT molecular complexity index is 633. The van der Waals surface area contributed by atoms with Crippen LogP contribution in [0.2, 0.25) is 0 Å². The second-order valence-corrected chi connectivity index (χ2v) is 7.54. The highest BCUT2D eigenvalue weighted by molar-refractivity contribution is 7.88. The smallest absolute Gasteiger partial charge is 0.260 e. The summed E-state index contributed by atoms with van der Waals surface area (Å²) in [4.78, 5) is 13.9. The van der Waals surface area contributed by atoms with Gasteiger partial charge in [0.1, 0.15) is 11.6 Å². The van der Waals surface area contributed by atoms with Crippen LogP contribution in [-0.2, 0) is 14.8 Å². The number of nitrogens with zero attached hydrogens (tertiary/aromatic N) is 1. The van der Waals surface area contributed by atoms with Crippen LogP contribution in [0, 0.1) is 11.7 Å². The lowest BCUT2D eigenvalue weighted by molar-refractivity contribution is -0.135. The number of ether oxygens (including phenoxy) is 1. The van der Waals surface area contributed by atoms with E-state index in [1.54, 1.807) is 4.90 Å². The van der Waals surface area contributed by atoms with Gasteiger partial charge in [-0.15, -0.1) is 0 Å². The first-order valence-corrected chi connectivity index (χ1v) is 9.33. The number of piperidine rings is 1. The lowest BCUT2D eigenvalue weighted by Crippen LogP contribution is -2.45. The van der Waals surface area contributed by atoms with Crippen molar-refractivity contribution in [2.75, 3.05) is 32.5 Å². The summed E-state index contributed by atoms with van der Waals surface area (Å²) >= 11 is 0. The van der Waals surface area contributed by atoms with E-state index in [0.717, 1.165) is 19.1 Å². The minimum absolute atomic E-state index is 0.105. The van der Waals surface area contributed by atoms with E-state index in [4.69, 9.17) is 4.74 Å². The van der Waals surface area contributed by atoms with E-state index in [2.05, 4.69) is 4.72 Å². The molecule has 1 N–H and O–H groups in total. The number of likely N-dealkylation sites (tertiary alicyclic amines) is 1. The van der Waals surface area contributed by atoms with Gasteiger partial charge in [0.2, 0.25) is 10.0 Å². The van der Waals surface area contributed by atoms with Crippen LogP contribution in [0.5, 0.6) is 5.75 Å². The quantitative estimate of drug-likeness (QED) is 0.835. The van der Waals surface area contributed by atoms with Crippen LogP contribution in [-0.4, -0.2) is 51.7 Å². The van der Waals surface area contributed by atoms with Crippen molar-refractivity contribution in [2.45, 2.75) is 12.8 Å². The molecule has 2 rings (SSSR count). The standard InChI is InChI=1S/C15H21FN2O4S/c1-23(20,21)17-9-12-3-2-8-18(10-12)15(19)11-22-14-6-4-13(16)5-7-14/h4-7,12,17H,2-3,8-11H2,1H3/t12-/m1/s1. The number of sulfonamides is 1. The maximum atomic E-state index is 12.8. The zero-order valence-electron chi connectivity index (χ0n) is 13.0. The van der Waals surface area contributed by atoms with Crippen molar-refractivity contribution >= 4 is 15.9 Å². The Kier molecular flexibility index (Phi) is 5.95. The molecular formula is C15H21FN2O4S. The molecule has 1 aromatic rings. The van der Waals surface area contributed by atoms with Crippen molar-refractivity contribution in [1.29, 1.82) is 0 Å². The van der Waals surface area contributed by atoms with Gasteiger partial charge in [-0.25, -0.2) is 17.5 Å². The summed E-state index contributed by atoms with van der Waals surface area (Å²) < 4.78 is 42.9. The van der Waals surface area contributed by atoms with E-state index in [0.29, 0.717) is 25.4 Å². The van der Waals surface area contributed by atoms with Gasteiger partial charge in [-0.05, 0) is 43.0 Å². The average molecular weight is 344 g/mol. The summed E-state index contributed by atoms with van der Waals surface area (Å²) in [5.41, 5.74) is 0. The summed E-state index contributed by atoms with van der Waals surface area (Å²) in [6.07, 6.45) is 2.83. The molecule has 0 radical (unpaired) electrons. The molecule has 1 aliphatic rings. The predicted octanol–water partition coefficient (Wildman–Crippen LogP) is 0.992. The summed E-state index contributed by atoms with van der Waals surface area (Å²) in [6, 6.07) is 5.48. The minimum atomic E-state index is -3.22. The van der Waals surface area contributed by atoms with E-state index >= 15 is 0 Å². The monoisotopic (exact) mass is 344 g/mol. The normalized spacial score (nSPS) is 18.7. The van der Waals surface area contributed by atoms with Crippen molar-refractivity contribution in [3.8, 4) is 5.75 Å². The third kappa shape index (κ3) is 6.15. The average Bonchev–Trinajstić information content (AvgIpc) is 2.52. The molecule has 0 aromatic heterocycles. The molecule has 0 unspecified atom stereocenters. The van der Waals surface area contributed by atoms with Crippen molar-refractivity contribution in [1.82, 2.24) is 9.62 Å². The molecule has 128 valence electrons. The number of nitrogens with one attached hydrogen (secondary N) is 1. The molecule has 0 spiro atoms. The highest BCUT2D eigenvalue weighted by Crippen LogP contribution is 2.17. The first-order chi connectivity index (χ1) is 10.8. The Hall–Kier alpha value is -1.67. The summed E-state index contributed by atoms with van der Waals surface area (Å²) in [5, 5.41) is 0. The number of benzene rings is 1. The number of halogens is 1. The molecule has 8 heteroatoms. The molecule has 1 heterocycles. The van der Waals surface area contributed by atoms with Crippen LogP contribution in [0.25, 0.3) is 0 Å². The lowest BCUT2D eigenvalue weighted by Gasteiger charge is -2.32. The van der Waals surface area contributed by atoms with Gasteiger partial charge in [0.25, 0.3) is 5.91 Å². The van der Waals surface area contributed by atoms with E-state index in [1.807, 2.05) is 0 Å². The largest absolute Gasteiger partial charge is 0.484 e. The minimum Gasteiger partial charge on any atom is -0.484 e. The van der Waals surface area contributed by atoms with Crippen LogP contribution < -0.4 is 9.46 Å².